The molecule has 0 radical (unpaired) electrons. The van der Waals surface area contributed by atoms with Gasteiger partial charge in [-0.3, -0.25) is 0 Å². The first kappa shape index (κ1) is 15.7. The van der Waals surface area contributed by atoms with Crippen molar-refractivity contribution in [2.45, 2.75) is 52.5 Å². The van der Waals surface area contributed by atoms with Crippen LogP contribution < -0.4 is 0 Å². The first-order valence-electron chi connectivity index (χ1n) is 6.42. The second kappa shape index (κ2) is 5.73. The molecular formula is C12H22N2O5. The number of rotatable bonds is 6. The Kier molecular flexibility index (Phi) is 4.73. The van der Waals surface area contributed by atoms with E-state index in [-0.39, 0.29) is 24.5 Å². The van der Waals surface area contributed by atoms with Crippen LogP contribution in [0.5, 0.6) is 0 Å². The molecule has 0 unspecified atom stereocenters. The summed E-state index contributed by atoms with van der Waals surface area (Å²) in [7, 11) is 0. The third kappa shape index (κ3) is 4.34. The second-order valence-corrected chi connectivity index (χ2v) is 6.09. The van der Waals surface area contributed by atoms with Crippen LogP contribution in [0.15, 0.2) is 0 Å². The van der Waals surface area contributed by atoms with E-state index in [2.05, 4.69) is 4.84 Å². The van der Waals surface area contributed by atoms with Crippen molar-refractivity contribution in [2.24, 2.45) is 5.41 Å². The van der Waals surface area contributed by atoms with Crippen LogP contribution in [0.2, 0.25) is 0 Å². The van der Waals surface area contributed by atoms with E-state index in [0.29, 0.717) is 0 Å². The van der Waals surface area contributed by atoms with Crippen molar-refractivity contribution >= 4 is 5.97 Å². The van der Waals surface area contributed by atoms with Crippen molar-refractivity contribution in [3.63, 3.8) is 0 Å². The van der Waals surface area contributed by atoms with Gasteiger partial charge in [-0.15, -0.1) is 15.2 Å². The van der Waals surface area contributed by atoms with Crippen LogP contribution in [0.4, 0.5) is 0 Å². The predicted molar refractivity (Wildman–Crippen MR) is 67.5 cm³/mol. The highest BCUT2D eigenvalue weighted by atomic mass is 16.9. The summed E-state index contributed by atoms with van der Waals surface area (Å²) >= 11 is 0. The molecule has 0 aromatic carbocycles. The normalized spacial score (nSPS) is 19.2. The van der Waals surface area contributed by atoms with E-state index in [0.717, 1.165) is 19.4 Å². The molecule has 0 spiro atoms. The monoisotopic (exact) mass is 274 g/mol. The molecule has 0 saturated carbocycles. The van der Waals surface area contributed by atoms with Gasteiger partial charge in [0.05, 0.1) is 17.6 Å². The van der Waals surface area contributed by atoms with Gasteiger partial charge in [0.15, 0.2) is 0 Å². The smallest absolute Gasteiger partial charge is 0.330 e. The minimum atomic E-state index is -0.856. The van der Waals surface area contributed by atoms with Gasteiger partial charge in [-0.2, -0.15) is 0 Å². The third-order valence-electron chi connectivity index (χ3n) is 3.49. The molecule has 0 N–H and O–H groups in total. The molecule has 1 aliphatic rings. The van der Waals surface area contributed by atoms with Gasteiger partial charge in [0.2, 0.25) is 0 Å². The highest BCUT2D eigenvalue weighted by Crippen LogP contribution is 2.31. The van der Waals surface area contributed by atoms with Gasteiger partial charge in [-0.25, -0.2) is 4.79 Å². The summed E-state index contributed by atoms with van der Waals surface area (Å²) in [6.07, 6.45) is 2.21. The van der Waals surface area contributed by atoms with Crippen LogP contribution in [-0.2, 0) is 14.5 Å². The molecule has 19 heavy (non-hydrogen) atoms. The van der Waals surface area contributed by atoms with Crippen LogP contribution >= 0.6 is 0 Å². The fourth-order valence-corrected chi connectivity index (χ4v) is 1.95. The largest absolute Gasteiger partial charge is 0.367 e. The SMILES string of the molecule is CC(C)(CCO[N+](=O)[O-])C(=O)ON1CCCC1(C)C. The van der Waals surface area contributed by atoms with Crippen LogP contribution in [-0.4, -0.2) is 34.8 Å². The summed E-state index contributed by atoms with van der Waals surface area (Å²) in [6, 6.07) is 0. The lowest BCUT2D eigenvalue weighted by molar-refractivity contribution is -0.758. The summed E-state index contributed by atoms with van der Waals surface area (Å²) in [5, 5.41) is 10.9. The number of nitrogens with zero attached hydrogens (tertiary/aromatic N) is 2. The number of carbonyl (C=O) groups is 1. The summed E-state index contributed by atoms with van der Waals surface area (Å²) in [5.41, 5.74) is -0.961. The lowest BCUT2D eigenvalue weighted by Crippen LogP contribution is -2.43. The highest BCUT2D eigenvalue weighted by Gasteiger charge is 2.38. The molecule has 0 bridgehead atoms. The highest BCUT2D eigenvalue weighted by molar-refractivity contribution is 5.75. The molecule has 1 rings (SSSR count). The van der Waals surface area contributed by atoms with E-state index >= 15 is 0 Å². The topological polar surface area (TPSA) is 81.9 Å². The Morgan fingerprint density at radius 3 is 2.58 bits per heavy atom. The van der Waals surface area contributed by atoms with Gasteiger partial charge in [-0.1, -0.05) is 0 Å². The summed E-state index contributed by atoms with van der Waals surface area (Å²) in [4.78, 5) is 31.8. The molecule has 0 aromatic heterocycles. The van der Waals surface area contributed by atoms with Crippen molar-refractivity contribution in [1.82, 2.24) is 5.06 Å². The fraction of sp³-hybridized carbons (Fsp3) is 0.917. The maximum absolute atomic E-state index is 12.1. The maximum Gasteiger partial charge on any atom is 0.330 e. The average Bonchev–Trinajstić information content (AvgIpc) is 2.57. The Bertz CT molecular complexity index is 354. The molecule has 110 valence electrons. The van der Waals surface area contributed by atoms with Crippen LogP contribution in [0.3, 0.4) is 0 Å². The molecule has 7 heteroatoms. The lowest BCUT2D eigenvalue weighted by atomic mass is 9.90. The second-order valence-electron chi connectivity index (χ2n) is 6.09. The van der Waals surface area contributed by atoms with E-state index in [1.54, 1.807) is 18.9 Å². The number of hydroxylamine groups is 2. The molecule has 1 heterocycles. The zero-order valence-corrected chi connectivity index (χ0v) is 12.0. The van der Waals surface area contributed by atoms with Gasteiger partial charge < -0.3 is 9.68 Å². The quantitative estimate of drug-likeness (QED) is 0.544. The van der Waals surface area contributed by atoms with Crippen LogP contribution in [0.1, 0.15) is 47.0 Å². The molecule has 1 fully saturated rings. The lowest BCUT2D eigenvalue weighted by Gasteiger charge is -2.32. The van der Waals surface area contributed by atoms with Crippen molar-refractivity contribution in [1.29, 1.82) is 0 Å². The standard InChI is InChI=1S/C12H22N2O5/c1-11(2,7-9-18-14(16)17)10(15)19-13-8-5-6-12(13,3)4/h5-9H2,1-4H3. The maximum atomic E-state index is 12.1. The van der Waals surface area contributed by atoms with Crippen LogP contribution in [0, 0.1) is 15.5 Å². The Hall–Kier alpha value is -1.37. The fourth-order valence-electron chi connectivity index (χ4n) is 1.95. The molecule has 7 nitrogen and oxygen atoms in total. The minimum absolute atomic E-state index is 0.113. The predicted octanol–water partition coefficient (Wildman–Crippen LogP) is 1.94. The van der Waals surface area contributed by atoms with Gasteiger partial charge in [0.1, 0.15) is 0 Å². The van der Waals surface area contributed by atoms with E-state index in [1.165, 1.54) is 0 Å². The Morgan fingerprint density at radius 2 is 2.11 bits per heavy atom. The first-order chi connectivity index (χ1) is 8.65. The summed E-state index contributed by atoms with van der Waals surface area (Å²) in [5.74, 6) is -0.380. The summed E-state index contributed by atoms with van der Waals surface area (Å²) in [6.45, 7) is 8.05. The van der Waals surface area contributed by atoms with Gasteiger partial charge in [0, 0.05) is 6.54 Å². The minimum Gasteiger partial charge on any atom is -0.367 e. The Balaban J connectivity index is 2.49. The van der Waals surface area contributed by atoms with Crippen molar-refractivity contribution in [3.8, 4) is 0 Å². The molecule has 0 aliphatic carbocycles. The van der Waals surface area contributed by atoms with Gasteiger partial charge in [-0.05, 0) is 47.0 Å². The third-order valence-corrected chi connectivity index (χ3v) is 3.49. The van der Waals surface area contributed by atoms with Gasteiger partial charge in [0.25, 0.3) is 5.09 Å². The van der Waals surface area contributed by atoms with Crippen molar-refractivity contribution < 1.29 is 19.6 Å². The Morgan fingerprint density at radius 1 is 1.47 bits per heavy atom. The van der Waals surface area contributed by atoms with Crippen molar-refractivity contribution in [3.05, 3.63) is 10.1 Å². The first-order valence-corrected chi connectivity index (χ1v) is 6.42. The number of hydrogen-bond donors (Lipinski definition) is 0. The molecule has 0 amide bonds. The Labute approximate surface area is 112 Å². The van der Waals surface area contributed by atoms with E-state index in [9.17, 15) is 14.9 Å². The number of hydrogen-bond acceptors (Lipinski definition) is 6. The van der Waals surface area contributed by atoms with E-state index in [4.69, 9.17) is 4.84 Å². The zero-order chi connectivity index (χ0) is 14.7. The molecule has 1 saturated heterocycles. The molecular weight excluding hydrogens is 252 g/mol. The number of carbonyl (C=O) groups excluding carboxylic acids is 1. The van der Waals surface area contributed by atoms with Gasteiger partial charge >= 0.3 is 5.97 Å². The molecule has 0 aromatic rings. The van der Waals surface area contributed by atoms with E-state index in [1.807, 2.05) is 13.8 Å². The zero-order valence-electron chi connectivity index (χ0n) is 12.0. The van der Waals surface area contributed by atoms with Crippen molar-refractivity contribution in [2.75, 3.05) is 13.2 Å². The van der Waals surface area contributed by atoms with E-state index < -0.39 is 10.5 Å². The van der Waals surface area contributed by atoms with Crippen LogP contribution in [0.25, 0.3) is 0 Å². The summed E-state index contributed by atoms with van der Waals surface area (Å²) < 4.78 is 0. The average molecular weight is 274 g/mol. The molecule has 1 aliphatic heterocycles. The molecule has 0 atom stereocenters.